The molecule has 0 atom stereocenters. The van der Waals surface area contributed by atoms with Crippen LogP contribution in [0.3, 0.4) is 0 Å². The zero-order chi connectivity index (χ0) is 11.7. The quantitative estimate of drug-likeness (QED) is 0.581. The van der Waals surface area contributed by atoms with Crippen molar-refractivity contribution in [3.05, 3.63) is 55.6 Å². The van der Waals surface area contributed by atoms with Gasteiger partial charge in [-0.05, 0) is 53.3 Å². The fourth-order valence-electron chi connectivity index (χ4n) is 1.58. The Labute approximate surface area is 119 Å². The molecule has 0 aliphatic carbocycles. The van der Waals surface area contributed by atoms with Crippen LogP contribution in [-0.4, -0.2) is 0 Å². The molecule has 0 aromatic heterocycles. The van der Waals surface area contributed by atoms with E-state index in [1.54, 1.807) is 0 Å². The van der Waals surface area contributed by atoms with Crippen molar-refractivity contribution in [1.82, 2.24) is 0 Å². The molecule has 0 bridgehead atoms. The zero-order valence-corrected chi connectivity index (χ0v) is 12.3. The highest BCUT2D eigenvalue weighted by atomic mass is 127. The number of benzene rings is 2. The summed E-state index contributed by atoms with van der Waals surface area (Å²) in [6.07, 6.45) is 0. The number of hydrogen-bond acceptors (Lipinski definition) is 0. The van der Waals surface area contributed by atoms with Gasteiger partial charge in [0.05, 0.1) is 0 Å². The van der Waals surface area contributed by atoms with Crippen LogP contribution in [-0.2, 0) is 0 Å². The van der Waals surface area contributed by atoms with Crippen LogP contribution in [0.15, 0.2) is 36.4 Å². The van der Waals surface area contributed by atoms with Crippen molar-refractivity contribution in [3.63, 3.8) is 0 Å². The van der Waals surface area contributed by atoms with E-state index < -0.39 is 0 Å². The van der Waals surface area contributed by atoms with Gasteiger partial charge in [-0.15, -0.1) is 0 Å². The molecule has 0 saturated carbocycles. The molecule has 2 aromatic rings. The summed E-state index contributed by atoms with van der Waals surface area (Å²) in [6, 6.07) is 11.8. The second kappa shape index (κ2) is 4.94. The number of hydrogen-bond donors (Lipinski definition) is 0. The van der Waals surface area contributed by atoms with Crippen molar-refractivity contribution in [2.75, 3.05) is 0 Å². The van der Waals surface area contributed by atoms with Gasteiger partial charge in [0, 0.05) is 19.2 Å². The van der Waals surface area contributed by atoms with Gasteiger partial charge in [0.2, 0.25) is 0 Å². The maximum atomic E-state index is 6.19. The molecule has 0 unspecified atom stereocenters. The van der Waals surface area contributed by atoms with Gasteiger partial charge in [-0.1, -0.05) is 47.0 Å². The van der Waals surface area contributed by atoms with Crippen LogP contribution < -0.4 is 0 Å². The Morgan fingerprint density at radius 1 is 1.00 bits per heavy atom. The highest BCUT2D eigenvalue weighted by molar-refractivity contribution is 14.1. The van der Waals surface area contributed by atoms with E-state index in [2.05, 4.69) is 47.7 Å². The van der Waals surface area contributed by atoms with Gasteiger partial charge in [-0.3, -0.25) is 0 Å². The van der Waals surface area contributed by atoms with Crippen molar-refractivity contribution in [2.24, 2.45) is 0 Å². The van der Waals surface area contributed by atoms with Gasteiger partial charge in [-0.2, -0.15) is 0 Å². The Hall–Kier alpha value is -0.250. The molecule has 0 saturated heterocycles. The van der Waals surface area contributed by atoms with Crippen LogP contribution in [0.4, 0.5) is 0 Å². The minimum absolute atomic E-state index is 0.689. The second-order valence-electron chi connectivity index (χ2n) is 3.58. The molecule has 16 heavy (non-hydrogen) atoms. The molecule has 2 aromatic carbocycles. The van der Waals surface area contributed by atoms with E-state index in [-0.39, 0.29) is 0 Å². The van der Waals surface area contributed by atoms with Crippen LogP contribution in [0.1, 0.15) is 5.56 Å². The lowest BCUT2D eigenvalue weighted by molar-refractivity contribution is 1.44. The lowest BCUT2D eigenvalue weighted by Gasteiger charge is -2.09. The van der Waals surface area contributed by atoms with Gasteiger partial charge in [0.25, 0.3) is 0 Å². The number of aryl methyl sites for hydroxylation is 1. The van der Waals surface area contributed by atoms with E-state index >= 15 is 0 Å². The van der Waals surface area contributed by atoms with Crippen molar-refractivity contribution in [2.45, 2.75) is 6.92 Å². The van der Waals surface area contributed by atoms with Crippen molar-refractivity contribution in [3.8, 4) is 11.1 Å². The maximum absolute atomic E-state index is 6.19. The molecule has 0 N–H and O–H groups in total. The van der Waals surface area contributed by atoms with Crippen molar-refractivity contribution < 1.29 is 0 Å². The lowest BCUT2D eigenvalue weighted by Crippen LogP contribution is -1.86. The van der Waals surface area contributed by atoms with E-state index in [1.807, 2.05) is 18.2 Å². The van der Waals surface area contributed by atoms with Gasteiger partial charge >= 0.3 is 0 Å². The largest absolute Gasteiger partial charge is 0.0836 e. The van der Waals surface area contributed by atoms with E-state index in [0.29, 0.717) is 10.0 Å². The van der Waals surface area contributed by atoms with E-state index in [9.17, 15) is 0 Å². The highest BCUT2D eigenvalue weighted by Crippen LogP contribution is 2.37. The Morgan fingerprint density at radius 2 is 1.62 bits per heavy atom. The van der Waals surface area contributed by atoms with Crippen LogP contribution in [0.2, 0.25) is 10.0 Å². The molecule has 3 heteroatoms. The standard InChI is InChI=1S/C13H9Cl2I/c1-8-5-6-9(12(16)7-8)13-10(14)3-2-4-11(13)15/h2-7H,1H3. The predicted octanol–water partition coefficient (Wildman–Crippen LogP) is 5.57. The van der Waals surface area contributed by atoms with Gasteiger partial charge in [0.1, 0.15) is 0 Å². The minimum Gasteiger partial charge on any atom is -0.0836 e. The molecule has 0 aliphatic heterocycles. The summed E-state index contributed by atoms with van der Waals surface area (Å²) in [6.45, 7) is 2.07. The third-order valence-corrected chi connectivity index (χ3v) is 3.88. The van der Waals surface area contributed by atoms with Crippen LogP contribution >= 0.6 is 45.8 Å². The Bertz CT molecular complexity index is 515. The summed E-state index contributed by atoms with van der Waals surface area (Å²) < 4.78 is 1.16. The van der Waals surface area contributed by atoms with Gasteiger partial charge < -0.3 is 0 Å². The average molecular weight is 363 g/mol. The third kappa shape index (κ3) is 2.36. The fourth-order valence-corrected chi connectivity index (χ4v) is 3.12. The molecule has 0 fully saturated rings. The average Bonchev–Trinajstić information content (AvgIpc) is 2.20. The Balaban J connectivity index is 2.68. The monoisotopic (exact) mass is 362 g/mol. The number of rotatable bonds is 1. The molecule has 2 rings (SSSR count). The third-order valence-electron chi connectivity index (χ3n) is 2.36. The molecular weight excluding hydrogens is 354 g/mol. The SMILES string of the molecule is Cc1ccc(-c2c(Cl)cccc2Cl)c(I)c1. The summed E-state index contributed by atoms with van der Waals surface area (Å²) >= 11 is 14.7. The summed E-state index contributed by atoms with van der Waals surface area (Å²) in [5.41, 5.74) is 3.23. The van der Waals surface area contributed by atoms with E-state index in [4.69, 9.17) is 23.2 Å². The first-order chi connectivity index (χ1) is 7.59. The summed E-state index contributed by atoms with van der Waals surface area (Å²) in [7, 11) is 0. The first-order valence-electron chi connectivity index (χ1n) is 4.80. The Morgan fingerprint density at radius 3 is 2.19 bits per heavy atom. The van der Waals surface area contributed by atoms with Crippen LogP contribution in [0.25, 0.3) is 11.1 Å². The molecule has 82 valence electrons. The Kier molecular flexibility index (Phi) is 3.77. The molecule has 0 aliphatic rings. The van der Waals surface area contributed by atoms with Gasteiger partial charge in [0.15, 0.2) is 0 Å². The smallest absolute Gasteiger partial charge is 0.0499 e. The fraction of sp³-hybridized carbons (Fsp3) is 0.0769. The van der Waals surface area contributed by atoms with E-state index in [0.717, 1.165) is 14.7 Å². The number of halogens is 3. The zero-order valence-electron chi connectivity index (χ0n) is 8.60. The van der Waals surface area contributed by atoms with Crippen molar-refractivity contribution in [1.29, 1.82) is 0 Å². The predicted molar refractivity (Wildman–Crippen MR) is 79.4 cm³/mol. The lowest BCUT2D eigenvalue weighted by atomic mass is 10.0. The summed E-state index contributed by atoms with van der Waals surface area (Å²) in [5, 5.41) is 1.38. The molecule has 0 spiro atoms. The second-order valence-corrected chi connectivity index (χ2v) is 5.56. The topological polar surface area (TPSA) is 0 Å². The first-order valence-corrected chi connectivity index (χ1v) is 6.63. The van der Waals surface area contributed by atoms with Crippen LogP contribution in [0.5, 0.6) is 0 Å². The van der Waals surface area contributed by atoms with Crippen molar-refractivity contribution >= 4 is 45.8 Å². The molecule has 0 nitrogen and oxygen atoms in total. The normalized spacial score (nSPS) is 10.5. The molecule has 0 amide bonds. The summed E-state index contributed by atoms with van der Waals surface area (Å²) in [5.74, 6) is 0. The van der Waals surface area contributed by atoms with E-state index in [1.165, 1.54) is 5.56 Å². The minimum atomic E-state index is 0.689. The molecule has 0 heterocycles. The first kappa shape index (κ1) is 12.2. The highest BCUT2D eigenvalue weighted by Gasteiger charge is 2.10. The van der Waals surface area contributed by atoms with Crippen LogP contribution in [0, 0.1) is 10.5 Å². The maximum Gasteiger partial charge on any atom is 0.0499 e. The van der Waals surface area contributed by atoms with Gasteiger partial charge in [-0.25, -0.2) is 0 Å². The summed E-state index contributed by atoms with van der Waals surface area (Å²) in [4.78, 5) is 0. The molecule has 0 radical (unpaired) electrons. The molecular formula is C13H9Cl2I.